The molecule has 1 aliphatic rings. The fourth-order valence-electron chi connectivity index (χ4n) is 1.91. The third-order valence-electron chi connectivity index (χ3n) is 2.73. The van der Waals surface area contributed by atoms with Crippen LogP contribution in [0, 0.1) is 5.92 Å². The first-order valence-corrected chi connectivity index (χ1v) is 8.38. The van der Waals surface area contributed by atoms with Crippen molar-refractivity contribution < 1.29 is 17.9 Å². The summed E-state index contributed by atoms with van der Waals surface area (Å²) in [5.41, 5.74) is -0.490. The first-order chi connectivity index (χ1) is 8.68. The number of carbonyl (C=O) groups is 1. The first-order valence-electron chi connectivity index (χ1n) is 6.56. The minimum atomic E-state index is -2.80. The van der Waals surface area contributed by atoms with E-state index in [-0.39, 0.29) is 11.7 Å². The van der Waals surface area contributed by atoms with Gasteiger partial charge in [-0.1, -0.05) is 0 Å². The average Bonchev–Trinajstić information content (AvgIpc) is 2.55. The molecule has 1 atom stereocenters. The molecule has 1 unspecified atom stereocenters. The van der Waals surface area contributed by atoms with Crippen molar-refractivity contribution in [1.29, 1.82) is 0 Å². The van der Waals surface area contributed by atoms with Crippen molar-refractivity contribution in [2.75, 3.05) is 31.1 Å². The van der Waals surface area contributed by atoms with E-state index in [1.807, 2.05) is 20.8 Å². The molecule has 1 aliphatic heterocycles. The van der Waals surface area contributed by atoms with Crippen LogP contribution in [0.15, 0.2) is 0 Å². The minimum Gasteiger partial charge on any atom is -0.444 e. The van der Waals surface area contributed by atoms with Gasteiger partial charge in [-0.2, -0.15) is 0 Å². The predicted octanol–water partition coefficient (Wildman–Crippen LogP) is 0.535. The molecule has 0 aromatic rings. The van der Waals surface area contributed by atoms with Crippen LogP contribution in [-0.2, 0) is 14.6 Å². The Labute approximate surface area is 115 Å². The Morgan fingerprint density at radius 1 is 1.32 bits per heavy atom. The van der Waals surface area contributed by atoms with Crippen molar-refractivity contribution in [2.45, 2.75) is 32.8 Å². The molecule has 0 aromatic carbocycles. The fraction of sp³-hybridized carbons (Fsp3) is 0.917. The van der Waals surface area contributed by atoms with E-state index in [9.17, 15) is 13.2 Å². The molecule has 6 nitrogen and oxygen atoms in total. The molecule has 7 heteroatoms. The summed E-state index contributed by atoms with van der Waals surface area (Å²) < 4.78 is 27.6. The maximum Gasteiger partial charge on any atom is 0.407 e. The largest absolute Gasteiger partial charge is 0.444 e. The van der Waals surface area contributed by atoms with Crippen LogP contribution in [0.4, 0.5) is 4.79 Å². The number of hydrogen-bond acceptors (Lipinski definition) is 5. The summed E-state index contributed by atoms with van der Waals surface area (Å²) in [6, 6.07) is 0. The topological polar surface area (TPSA) is 84.5 Å². The zero-order chi connectivity index (χ0) is 14.5. The van der Waals surface area contributed by atoms with E-state index in [0.717, 1.165) is 6.42 Å². The molecule has 1 rings (SSSR count). The Bertz CT molecular complexity index is 400. The summed E-state index contributed by atoms with van der Waals surface area (Å²) >= 11 is 0. The number of nitrogens with one attached hydrogen (secondary N) is 2. The lowest BCUT2D eigenvalue weighted by Crippen LogP contribution is -2.37. The van der Waals surface area contributed by atoms with Gasteiger partial charge in [-0.25, -0.2) is 13.2 Å². The van der Waals surface area contributed by atoms with Gasteiger partial charge in [0.25, 0.3) is 0 Å². The first kappa shape index (κ1) is 16.2. The van der Waals surface area contributed by atoms with Crippen LogP contribution >= 0.6 is 0 Å². The van der Waals surface area contributed by atoms with E-state index in [2.05, 4.69) is 10.6 Å². The van der Waals surface area contributed by atoms with Gasteiger partial charge < -0.3 is 15.4 Å². The normalized spacial score (nSPS) is 22.2. The van der Waals surface area contributed by atoms with Gasteiger partial charge in [-0.3, -0.25) is 0 Å². The van der Waals surface area contributed by atoms with Gasteiger partial charge in [0.1, 0.15) is 5.60 Å². The van der Waals surface area contributed by atoms with Gasteiger partial charge in [0.2, 0.25) is 0 Å². The van der Waals surface area contributed by atoms with Gasteiger partial charge in [-0.15, -0.1) is 0 Å². The van der Waals surface area contributed by atoms with Crippen molar-refractivity contribution in [2.24, 2.45) is 5.92 Å². The Morgan fingerprint density at radius 2 is 2.00 bits per heavy atom. The lowest BCUT2D eigenvalue weighted by molar-refractivity contribution is 0.0528. The highest BCUT2D eigenvalue weighted by atomic mass is 32.2. The summed E-state index contributed by atoms with van der Waals surface area (Å²) in [5.74, 6) is 0.779. The molecule has 0 bridgehead atoms. The van der Waals surface area contributed by atoms with Crippen molar-refractivity contribution >= 4 is 15.9 Å². The molecule has 0 saturated carbocycles. The molecule has 1 amide bonds. The van der Waals surface area contributed by atoms with Gasteiger partial charge in [0.05, 0.1) is 11.5 Å². The monoisotopic (exact) mass is 292 g/mol. The van der Waals surface area contributed by atoms with Gasteiger partial charge in [0.15, 0.2) is 9.84 Å². The van der Waals surface area contributed by atoms with Crippen molar-refractivity contribution in [3.63, 3.8) is 0 Å². The third-order valence-corrected chi connectivity index (χ3v) is 4.57. The summed E-state index contributed by atoms with van der Waals surface area (Å²) in [6.45, 7) is 7.18. The van der Waals surface area contributed by atoms with E-state index in [1.165, 1.54) is 0 Å². The Hall–Kier alpha value is -0.820. The second kappa shape index (κ2) is 6.56. The van der Waals surface area contributed by atoms with E-state index < -0.39 is 21.5 Å². The maximum atomic E-state index is 11.3. The average molecular weight is 292 g/mol. The molecule has 112 valence electrons. The fourth-order valence-corrected chi connectivity index (χ4v) is 3.77. The lowest BCUT2D eigenvalue weighted by atomic mass is 10.1. The number of amides is 1. The van der Waals surface area contributed by atoms with Crippen molar-refractivity contribution in [3.05, 3.63) is 0 Å². The highest BCUT2D eigenvalue weighted by Gasteiger charge is 2.27. The van der Waals surface area contributed by atoms with Crippen molar-refractivity contribution in [3.8, 4) is 0 Å². The number of sulfone groups is 1. The number of alkyl carbamates (subject to hydrolysis) is 1. The lowest BCUT2D eigenvalue weighted by Gasteiger charge is -2.19. The highest BCUT2D eigenvalue weighted by Crippen LogP contribution is 2.17. The summed E-state index contributed by atoms with van der Waals surface area (Å²) in [4.78, 5) is 11.3. The third kappa shape index (κ3) is 7.37. The zero-order valence-corrected chi connectivity index (χ0v) is 12.7. The number of rotatable bonds is 5. The molecule has 1 fully saturated rings. The molecule has 19 heavy (non-hydrogen) atoms. The predicted molar refractivity (Wildman–Crippen MR) is 73.9 cm³/mol. The van der Waals surface area contributed by atoms with Crippen molar-refractivity contribution in [1.82, 2.24) is 10.6 Å². The van der Waals surface area contributed by atoms with Gasteiger partial charge in [-0.05, 0) is 39.7 Å². The molecule has 0 radical (unpaired) electrons. The number of carbonyl (C=O) groups excluding carboxylic acids is 1. The summed E-state index contributed by atoms with van der Waals surface area (Å²) in [6.07, 6.45) is 0.298. The SMILES string of the molecule is CC(C)(C)OC(=O)NCCNCC1CCS(=O)(=O)C1. The Kier molecular flexibility index (Phi) is 5.61. The van der Waals surface area contributed by atoms with Crippen LogP contribution in [-0.4, -0.2) is 51.3 Å². The zero-order valence-electron chi connectivity index (χ0n) is 11.9. The molecule has 0 spiro atoms. The van der Waals surface area contributed by atoms with Crippen LogP contribution in [0.1, 0.15) is 27.2 Å². The number of hydrogen-bond donors (Lipinski definition) is 2. The summed E-state index contributed by atoms with van der Waals surface area (Å²) in [5, 5.41) is 5.79. The van der Waals surface area contributed by atoms with E-state index in [0.29, 0.717) is 25.4 Å². The van der Waals surface area contributed by atoms with E-state index in [1.54, 1.807) is 0 Å². The Balaban J connectivity index is 2.04. The van der Waals surface area contributed by atoms with Gasteiger partial charge in [0, 0.05) is 13.1 Å². The molecule has 1 saturated heterocycles. The molecular formula is C12H24N2O4S. The Morgan fingerprint density at radius 3 is 2.53 bits per heavy atom. The quantitative estimate of drug-likeness (QED) is 0.722. The smallest absolute Gasteiger partial charge is 0.407 e. The second-order valence-electron chi connectivity index (χ2n) is 5.90. The highest BCUT2D eigenvalue weighted by molar-refractivity contribution is 7.91. The molecule has 0 aliphatic carbocycles. The van der Waals surface area contributed by atoms with Crippen LogP contribution in [0.2, 0.25) is 0 Å². The number of ether oxygens (including phenoxy) is 1. The standard InChI is InChI=1S/C12H24N2O4S/c1-12(2,3)18-11(15)14-6-5-13-8-10-4-7-19(16,17)9-10/h10,13H,4-9H2,1-3H3,(H,14,15). The van der Waals surface area contributed by atoms with Crippen LogP contribution < -0.4 is 10.6 Å². The van der Waals surface area contributed by atoms with E-state index in [4.69, 9.17) is 4.74 Å². The van der Waals surface area contributed by atoms with Crippen LogP contribution in [0.3, 0.4) is 0 Å². The van der Waals surface area contributed by atoms with E-state index >= 15 is 0 Å². The van der Waals surface area contributed by atoms with Crippen LogP contribution in [0.5, 0.6) is 0 Å². The van der Waals surface area contributed by atoms with Crippen LogP contribution in [0.25, 0.3) is 0 Å². The molecule has 0 aromatic heterocycles. The second-order valence-corrected chi connectivity index (χ2v) is 8.13. The molecular weight excluding hydrogens is 268 g/mol. The van der Waals surface area contributed by atoms with Gasteiger partial charge >= 0.3 is 6.09 Å². The maximum absolute atomic E-state index is 11.3. The minimum absolute atomic E-state index is 0.200. The summed E-state index contributed by atoms with van der Waals surface area (Å²) in [7, 11) is -2.80. The molecule has 1 heterocycles. The molecule has 2 N–H and O–H groups in total.